The van der Waals surface area contributed by atoms with Crippen molar-refractivity contribution in [2.75, 3.05) is 22.0 Å². The Bertz CT molecular complexity index is 1280. The second-order valence-corrected chi connectivity index (χ2v) is 13.4. The van der Waals surface area contributed by atoms with Gasteiger partial charge in [-0.15, -0.1) is 0 Å². The average molecular weight is 539 g/mol. The van der Waals surface area contributed by atoms with Crippen molar-refractivity contribution in [2.45, 2.75) is 51.7 Å². The summed E-state index contributed by atoms with van der Waals surface area (Å²) in [7, 11) is -7.08. The second kappa shape index (κ2) is 10.8. The topological polar surface area (TPSA) is 165 Å². The van der Waals surface area contributed by atoms with Crippen LogP contribution in [0.3, 0.4) is 0 Å². The Labute approximate surface area is 214 Å². The summed E-state index contributed by atoms with van der Waals surface area (Å²) in [6.45, 7) is 6.89. The van der Waals surface area contributed by atoms with E-state index in [1.165, 1.54) is 6.07 Å². The number of hydrogen-bond donors (Lipinski definition) is 4. The fourth-order valence-corrected chi connectivity index (χ4v) is 4.34. The van der Waals surface area contributed by atoms with E-state index in [1.807, 2.05) is 12.1 Å². The Morgan fingerprint density at radius 1 is 0.972 bits per heavy atom. The van der Waals surface area contributed by atoms with E-state index in [1.54, 1.807) is 45.9 Å². The van der Waals surface area contributed by atoms with E-state index in [0.717, 1.165) is 23.5 Å². The first-order chi connectivity index (χ1) is 16.3. The number of benzene rings is 2. The summed E-state index contributed by atoms with van der Waals surface area (Å²) in [6.07, 6.45) is 2.35. The maximum Gasteiger partial charge on any atom is 0.309 e. The lowest BCUT2D eigenvalue weighted by Crippen LogP contribution is -2.49. The summed E-state index contributed by atoms with van der Waals surface area (Å²) in [6, 6.07) is 9.96. The molecule has 5 N–H and O–H groups in total. The highest BCUT2D eigenvalue weighted by molar-refractivity contribution is 7.92. The molecule has 0 bridgehead atoms. The van der Waals surface area contributed by atoms with Crippen LogP contribution in [-0.4, -0.2) is 59.0 Å². The minimum atomic E-state index is -3.63. The largest absolute Gasteiger partial charge is 0.427 e. The number of aryl methyl sites for hydroxylation is 1. The highest BCUT2D eigenvalue weighted by Crippen LogP contribution is 2.31. The van der Waals surface area contributed by atoms with E-state index in [2.05, 4.69) is 9.44 Å². The predicted octanol–water partition coefficient (Wildman–Crippen LogP) is 1.06. The molecule has 0 aliphatic rings. The lowest BCUT2D eigenvalue weighted by atomic mass is 9.80. The van der Waals surface area contributed by atoms with Crippen LogP contribution in [0.5, 0.6) is 0 Å². The van der Waals surface area contributed by atoms with Crippen molar-refractivity contribution < 1.29 is 31.4 Å². The third-order valence-electron chi connectivity index (χ3n) is 5.73. The van der Waals surface area contributed by atoms with Crippen LogP contribution in [0.25, 0.3) is 11.1 Å². The number of nitrogens with two attached hydrogens (primary N) is 1. The number of nitrogens with one attached hydrogen (secondary N) is 2. The zero-order chi connectivity index (χ0) is 27.5. The number of amides is 1. The minimum absolute atomic E-state index is 0.0716. The van der Waals surface area contributed by atoms with E-state index in [-0.39, 0.29) is 25.3 Å². The second-order valence-electron chi connectivity index (χ2n) is 9.86. The zero-order valence-corrected chi connectivity index (χ0v) is 23.0. The lowest BCUT2D eigenvalue weighted by molar-refractivity contribution is -0.117. The van der Waals surface area contributed by atoms with Crippen molar-refractivity contribution in [1.82, 2.24) is 0 Å². The van der Waals surface area contributed by atoms with Gasteiger partial charge in [-0.2, -0.15) is 0 Å². The summed E-state index contributed by atoms with van der Waals surface area (Å²) in [5.74, 6) is -0.488. The molecule has 0 saturated heterocycles. The molecule has 2 aromatic carbocycles. The molecule has 0 saturated carbocycles. The van der Waals surface area contributed by atoms with Crippen molar-refractivity contribution in [3.05, 3.63) is 42.0 Å². The van der Waals surface area contributed by atoms with Gasteiger partial charge in [0.15, 0.2) is 0 Å². The van der Waals surface area contributed by atoms with Crippen LogP contribution in [0.2, 0.25) is 0 Å². The molecule has 0 spiro atoms. The number of hydrogen-bond acceptors (Lipinski definition) is 7. The van der Waals surface area contributed by atoms with Gasteiger partial charge in [-0.3, -0.25) is 14.2 Å². The van der Waals surface area contributed by atoms with E-state index >= 15 is 0 Å². The smallest absolute Gasteiger partial charge is 0.309 e. The van der Waals surface area contributed by atoms with Gasteiger partial charge in [-0.25, -0.2) is 16.8 Å². The van der Waals surface area contributed by atoms with E-state index < -0.39 is 37.2 Å². The van der Waals surface area contributed by atoms with Gasteiger partial charge in [0, 0.05) is 6.42 Å². The first-order valence-corrected chi connectivity index (χ1v) is 14.9. The minimum Gasteiger partial charge on any atom is -0.427 e. The van der Waals surface area contributed by atoms with Crippen LogP contribution in [0.1, 0.15) is 39.7 Å². The summed E-state index contributed by atoms with van der Waals surface area (Å²) in [5.41, 5.74) is 6.50. The molecule has 0 unspecified atom stereocenters. The standard InChI is InChI=1S/C23H34BN3O7S2/c1-22(2,29)23(3,4)34-24-17-8-9-20(15(11-17)7-10-21(25)28)16-12-18(26-35(5,30)31)14-19(13-16)27-36(6,32)33/h8-9,11-14,24,26-27,29H,7,10H2,1-6H3,(H2,25,28). The molecule has 2 rings (SSSR count). The fraction of sp³-hybridized carbons (Fsp3) is 0.435. The van der Waals surface area contributed by atoms with Gasteiger partial charge in [0.2, 0.25) is 26.0 Å². The molecular weight excluding hydrogens is 505 g/mol. The molecule has 13 heteroatoms. The summed E-state index contributed by atoms with van der Waals surface area (Å²) < 4.78 is 58.0. The van der Waals surface area contributed by atoms with Crippen LogP contribution in [0.4, 0.5) is 11.4 Å². The van der Waals surface area contributed by atoms with Crippen LogP contribution < -0.4 is 20.6 Å². The molecule has 198 valence electrons. The molecule has 0 aliphatic heterocycles. The molecule has 0 fully saturated rings. The van der Waals surface area contributed by atoms with Crippen molar-refractivity contribution in [1.29, 1.82) is 0 Å². The van der Waals surface area contributed by atoms with Crippen LogP contribution in [0.15, 0.2) is 36.4 Å². The Hall–Kier alpha value is -2.61. The van der Waals surface area contributed by atoms with Crippen LogP contribution in [0, 0.1) is 0 Å². The van der Waals surface area contributed by atoms with E-state index in [4.69, 9.17) is 10.4 Å². The SMILES string of the molecule is CC(C)(O)C(C)(C)OBc1ccc(-c2cc(NS(C)(=O)=O)cc(NS(C)(=O)=O)c2)c(CCC(N)=O)c1. The highest BCUT2D eigenvalue weighted by Gasteiger charge is 2.35. The first kappa shape index (κ1) is 29.6. The molecule has 0 heterocycles. The fourth-order valence-electron chi connectivity index (χ4n) is 3.25. The maximum atomic E-state index is 11.8. The number of aliphatic hydroxyl groups is 1. The van der Waals surface area contributed by atoms with Gasteiger partial charge >= 0.3 is 7.48 Å². The molecule has 36 heavy (non-hydrogen) atoms. The quantitative estimate of drug-likeness (QED) is 0.293. The third-order valence-corrected chi connectivity index (χ3v) is 6.95. The van der Waals surface area contributed by atoms with Crippen molar-refractivity contribution >= 4 is 50.3 Å². The van der Waals surface area contributed by atoms with Gasteiger partial charge in [0.1, 0.15) is 0 Å². The molecule has 0 atom stereocenters. The number of sulfonamides is 2. The molecule has 0 aliphatic carbocycles. The number of anilines is 2. The molecule has 0 radical (unpaired) electrons. The Morgan fingerprint density at radius 2 is 1.50 bits per heavy atom. The summed E-state index contributed by atoms with van der Waals surface area (Å²) in [5, 5.41) is 10.4. The van der Waals surface area contributed by atoms with Crippen LogP contribution in [-0.2, 0) is 35.9 Å². The Balaban J connectivity index is 2.57. The van der Waals surface area contributed by atoms with Crippen molar-refractivity contribution in [3.63, 3.8) is 0 Å². The van der Waals surface area contributed by atoms with Gasteiger partial charge in [-0.1, -0.05) is 23.7 Å². The van der Waals surface area contributed by atoms with Gasteiger partial charge in [-0.05, 0) is 69.0 Å². The number of carbonyl (C=O) groups is 1. The van der Waals surface area contributed by atoms with E-state index in [9.17, 15) is 26.7 Å². The number of rotatable bonds is 12. The molecule has 2 aromatic rings. The van der Waals surface area contributed by atoms with Crippen LogP contribution >= 0.6 is 0 Å². The molecular formula is C23H34BN3O7S2. The monoisotopic (exact) mass is 539 g/mol. The molecule has 1 amide bonds. The third kappa shape index (κ3) is 9.12. The van der Waals surface area contributed by atoms with Crippen molar-refractivity contribution in [2.24, 2.45) is 5.73 Å². The number of primary amides is 1. The lowest BCUT2D eigenvalue weighted by Gasteiger charge is -2.37. The molecule has 0 aromatic heterocycles. The highest BCUT2D eigenvalue weighted by atomic mass is 32.2. The predicted molar refractivity (Wildman–Crippen MR) is 145 cm³/mol. The normalized spacial score (nSPS) is 12.8. The van der Waals surface area contributed by atoms with Crippen molar-refractivity contribution in [3.8, 4) is 11.1 Å². The molecule has 10 nitrogen and oxygen atoms in total. The zero-order valence-electron chi connectivity index (χ0n) is 21.4. The maximum absolute atomic E-state index is 11.8. The summed E-state index contributed by atoms with van der Waals surface area (Å²) >= 11 is 0. The van der Waals surface area contributed by atoms with Gasteiger partial charge < -0.3 is 15.5 Å². The Kier molecular flexibility index (Phi) is 8.88. The number of carbonyl (C=O) groups excluding carboxylic acids is 1. The van der Waals surface area contributed by atoms with Gasteiger partial charge in [0.05, 0.1) is 35.1 Å². The first-order valence-electron chi connectivity index (χ1n) is 11.1. The van der Waals surface area contributed by atoms with Gasteiger partial charge in [0.25, 0.3) is 0 Å². The summed E-state index contributed by atoms with van der Waals surface area (Å²) in [4.78, 5) is 11.5. The average Bonchev–Trinajstić information content (AvgIpc) is 2.67. The van der Waals surface area contributed by atoms with E-state index in [0.29, 0.717) is 17.5 Å². The Morgan fingerprint density at radius 3 is 1.94 bits per heavy atom.